The molecule has 90 valence electrons. The monoisotopic (exact) mass is 243 g/mol. The topological polar surface area (TPSA) is 57.6 Å². The fourth-order valence-corrected chi connectivity index (χ4v) is 1.89. The number of sulfone groups is 1. The van der Waals surface area contributed by atoms with E-state index in [1.54, 1.807) is 0 Å². The van der Waals surface area contributed by atoms with E-state index in [0.717, 1.165) is 11.3 Å². The minimum Gasteiger partial charge on any atom is -0.392 e. The lowest BCUT2D eigenvalue weighted by molar-refractivity contribution is 0.282. The van der Waals surface area contributed by atoms with Crippen molar-refractivity contribution >= 4 is 15.5 Å². The number of benzene rings is 1. The summed E-state index contributed by atoms with van der Waals surface area (Å²) in [5, 5.41) is 8.88. The number of rotatable bonds is 5. The molecule has 0 saturated carbocycles. The summed E-state index contributed by atoms with van der Waals surface area (Å²) in [5.74, 6) is 0.144. The smallest absolute Gasteiger partial charge is 0.149 e. The number of hydrogen-bond donors (Lipinski definition) is 1. The van der Waals surface area contributed by atoms with Crippen molar-refractivity contribution in [2.24, 2.45) is 0 Å². The molecule has 1 aromatic rings. The number of aliphatic hydroxyl groups excluding tert-OH is 1. The predicted octanol–water partition coefficient (Wildman–Crippen LogP) is 0.660. The largest absolute Gasteiger partial charge is 0.392 e. The van der Waals surface area contributed by atoms with Gasteiger partial charge in [-0.25, -0.2) is 8.42 Å². The Labute approximate surface area is 96.4 Å². The molecule has 0 aliphatic rings. The summed E-state index contributed by atoms with van der Waals surface area (Å²) in [4.78, 5) is 1.88. The van der Waals surface area contributed by atoms with Crippen LogP contribution >= 0.6 is 0 Å². The maximum atomic E-state index is 11.0. The molecule has 16 heavy (non-hydrogen) atoms. The van der Waals surface area contributed by atoms with E-state index in [1.807, 2.05) is 36.2 Å². The molecule has 0 unspecified atom stereocenters. The second-order valence-corrected chi connectivity index (χ2v) is 6.14. The second kappa shape index (κ2) is 5.32. The molecule has 0 atom stereocenters. The van der Waals surface area contributed by atoms with Crippen LogP contribution in [0.3, 0.4) is 0 Å². The van der Waals surface area contributed by atoms with Gasteiger partial charge in [0.1, 0.15) is 9.84 Å². The highest BCUT2D eigenvalue weighted by Gasteiger charge is 2.06. The van der Waals surface area contributed by atoms with Gasteiger partial charge in [-0.15, -0.1) is 0 Å². The lowest BCUT2D eigenvalue weighted by Gasteiger charge is -2.18. The number of hydrogen-bond acceptors (Lipinski definition) is 4. The third-order valence-electron chi connectivity index (χ3n) is 2.36. The first-order chi connectivity index (χ1) is 7.42. The van der Waals surface area contributed by atoms with Crippen LogP contribution in [0.2, 0.25) is 0 Å². The second-order valence-electron chi connectivity index (χ2n) is 3.88. The molecule has 0 radical (unpaired) electrons. The number of nitrogens with zero attached hydrogens (tertiary/aromatic N) is 1. The predicted molar refractivity (Wildman–Crippen MR) is 65.3 cm³/mol. The standard InChI is InChI=1S/C11H17NO3S/c1-12(7-8-16(2,14)15)11-5-3-10(9-13)4-6-11/h3-6,13H,7-9H2,1-2H3. The molecule has 5 heteroatoms. The minimum atomic E-state index is -2.92. The Morgan fingerprint density at radius 2 is 1.81 bits per heavy atom. The molecular formula is C11H17NO3S. The van der Waals surface area contributed by atoms with E-state index in [2.05, 4.69) is 0 Å². The zero-order chi connectivity index (χ0) is 12.2. The summed E-state index contributed by atoms with van der Waals surface area (Å²) in [7, 11) is -1.08. The zero-order valence-electron chi connectivity index (χ0n) is 9.55. The molecule has 0 amide bonds. The van der Waals surface area contributed by atoms with Gasteiger partial charge >= 0.3 is 0 Å². The fraction of sp³-hybridized carbons (Fsp3) is 0.455. The van der Waals surface area contributed by atoms with Crippen LogP contribution in [-0.2, 0) is 16.4 Å². The van der Waals surface area contributed by atoms with E-state index < -0.39 is 9.84 Å². The Morgan fingerprint density at radius 3 is 2.25 bits per heavy atom. The Balaban J connectivity index is 2.62. The van der Waals surface area contributed by atoms with Crippen LogP contribution in [0.4, 0.5) is 5.69 Å². The SMILES string of the molecule is CN(CCS(C)(=O)=O)c1ccc(CO)cc1. The van der Waals surface area contributed by atoms with Gasteiger partial charge in [-0.1, -0.05) is 12.1 Å². The Morgan fingerprint density at radius 1 is 1.25 bits per heavy atom. The molecule has 0 aliphatic carbocycles. The van der Waals surface area contributed by atoms with Crippen molar-refractivity contribution in [1.29, 1.82) is 0 Å². The van der Waals surface area contributed by atoms with Crippen LogP contribution in [0, 0.1) is 0 Å². The van der Waals surface area contributed by atoms with Crippen molar-refractivity contribution in [2.45, 2.75) is 6.61 Å². The van der Waals surface area contributed by atoms with Gasteiger partial charge in [0, 0.05) is 25.5 Å². The molecule has 4 nitrogen and oxygen atoms in total. The van der Waals surface area contributed by atoms with Gasteiger partial charge in [0.15, 0.2) is 0 Å². The normalized spacial score (nSPS) is 11.4. The third kappa shape index (κ3) is 4.20. The molecule has 0 fully saturated rings. The van der Waals surface area contributed by atoms with Crippen molar-refractivity contribution in [3.8, 4) is 0 Å². The summed E-state index contributed by atoms with van der Waals surface area (Å²) in [5.41, 5.74) is 1.79. The quantitative estimate of drug-likeness (QED) is 0.825. The zero-order valence-corrected chi connectivity index (χ0v) is 10.4. The summed E-state index contributed by atoms with van der Waals surface area (Å²) >= 11 is 0. The lowest BCUT2D eigenvalue weighted by atomic mass is 10.2. The highest BCUT2D eigenvalue weighted by molar-refractivity contribution is 7.90. The molecular weight excluding hydrogens is 226 g/mol. The minimum absolute atomic E-state index is 0.0212. The molecule has 0 aromatic heterocycles. The van der Waals surface area contributed by atoms with Crippen molar-refractivity contribution < 1.29 is 13.5 Å². The van der Waals surface area contributed by atoms with Crippen molar-refractivity contribution in [3.05, 3.63) is 29.8 Å². The van der Waals surface area contributed by atoms with Gasteiger partial charge in [0.05, 0.1) is 12.4 Å². The van der Waals surface area contributed by atoms with Gasteiger partial charge in [-0.3, -0.25) is 0 Å². The average Bonchev–Trinajstić information content (AvgIpc) is 2.25. The molecule has 0 aliphatic heterocycles. The Bertz CT molecular complexity index is 425. The first-order valence-electron chi connectivity index (χ1n) is 5.01. The van der Waals surface area contributed by atoms with Crippen molar-refractivity contribution in [1.82, 2.24) is 0 Å². The van der Waals surface area contributed by atoms with Gasteiger partial charge < -0.3 is 10.0 Å². The summed E-state index contributed by atoms with van der Waals surface area (Å²) in [6, 6.07) is 7.39. The average molecular weight is 243 g/mol. The Kier molecular flexibility index (Phi) is 4.32. The fourth-order valence-electron chi connectivity index (χ4n) is 1.29. The van der Waals surface area contributed by atoms with Crippen molar-refractivity contribution in [3.63, 3.8) is 0 Å². The maximum absolute atomic E-state index is 11.0. The van der Waals surface area contributed by atoms with E-state index in [9.17, 15) is 8.42 Å². The van der Waals surface area contributed by atoms with Crippen LogP contribution in [0.1, 0.15) is 5.56 Å². The number of anilines is 1. The first-order valence-corrected chi connectivity index (χ1v) is 7.07. The van der Waals surface area contributed by atoms with Crippen LogP contribution in [0.15, 0.2) is 24.3 Å². The summed E-state index contributed by atoms with van der Waals surface area (Å²) < 4.78 is 22.0. The molecule has 1 rings (SSSR count). The molecule has 0 heterocycles. The highest BCUT2D eigenvalue weighted by Crippen LogP contribution is 2.13. The Hall–Kier alpha value is -1.07. The van der Waals surface area contributed by atoms with Crippen molar-refractivity contribution in [2.75, 3.05) is 30.5 Å². The van der Waals surface area contributed by atoms with Gasteiger partial charge in [-0.05, 0) is 17.7 Å². The molecule has 0 saturated heterocycles. The van der Waals surface area contributed by atoms with E-state index in [4.69, 9.17) is 5.11 Å². The van der Waals surface area contributed by atoms with Crippen LogP contribution < -0.4 is 4.90 Å². The van der Waals surface area contributed by atoms with Crippen LogP contribution in [0.5, 0.6) is 0 Å². The van der Waals surface area contributed by atoms with Gasteiger partial charge in [0.25, 0.3) is 0 Å². The van der Waals surface area contributed by atoms with Crippen LogP contribution in [0.25, 0.3) is 0 Å². The molecule has 0 spiro atoms. The first kappa shape index (κ1) is 13.0. The maximum Gasteiger partial charge on any atom is 0.149 e. The summed E-state index contributed by atoms with van der Waals surface area (Å²) in [6.07, 6.45) is 1.23. The molecule has 1 N–H and O–H groups in total. The van der Waals surface area contributed by atoms with E-state index >= 15 is 0 Å². The lowest BCUT2D eigenvalue weighted by Crippen LogP contribution is -2.24. The van der Waals surface area contributed by atoms with E-state index in [-0.39, 0.29) is 12.4 Å². The van der Waals surface area contributed by atoms with E-state index in [0.29, 0.717) is 6.54 Å². The summed E-state index contributed by atoms with van der Waals surface area (Å²) in [6.45, 7) is 0.491. The third-order valence-corrected chi connectivity index (χ3v) is 3.28. The van der Waals surface area contributed by atoms with Gasteiger partial charge in [0.2, 0.25) is 0 Å². The van der Waals surface area contributed by atoms with Crippen LogP contribution in [-0.4, -0.2) is 39.1 Å². The number of aliphatic hydroxyl groups is 1. The molecule has 1 aromatic carbocycles. The molecule has 0 bridgehead atoms. The highest BCUT2D eigenvalue weighted by atomic mass is 32.2. The van der Waals surface area contributed by atoms with Gasteiger partial charge in [-0.2, -0.15) is 0 Å². The van der Waals surface area contributed by atoms with E-state index in [1.165, 1.54) is 6.26 Å².